The Morgan fingerprint density at radius 2 is 1.89 bits per heavy atom. The fourth-order valence-corrected chi connectivity index (χ4v) is 2.58. The van der Waals surface area contributed by atoms with Crippen molar-refractivity contribution in [3.05, 3.63) is 35.4 Å². The second kappa shape index (κ2) is 8.76. The average molecular weight is 291 g/mol. The minimum absolute atomic E-state index is 0. The van der Waals surface area contributed by atoms with E-state index in [1.165, 1.54) is 30.6 Å². The van der Waals surface area contributed by atoms with E-state index in [0.717, 1.165) is 13.1 Å². The lowest BCUT2D eigenvalue weighted by Crippen LogP contribution is -2.45. The van der Waals surface area contributed by atoms with E-state index in [0.29, 0.717) is 6.04 Å². The molecule has 0 aromatic heterocycles. The summed E-state index contributed by atoms with van der Waals surface area (Å²) in [6.45, 7) is 9.06. The zero-order valence-electron chi connectivity index (χ0n) is 11.2. The molecule has 1 saturated heterocycles. The van der Waals surface area contributed by atoms with Crippen LogP contribution >= 0.6 is 24.8 Å². The van der Waals surface area contributed by atoms with Gasteiger partial charge in [0.1, 0.15) is 0 Å². The lowest BCUT2D eigenvalue weighted by Gasteiger charge is -2.34. The molecule has 4 heteroatoms. The van der Waals surface area contributed by atoms with Crippen LogP contribution in [-0.4, -0.2) is 31.1 Å². The van der Waals surface area contributed by atoms with Gasteiger partial charge in [-0.1, -0.05) is 36.8 Å². The number of piperazine rings is 1. The summed E-state index contributed by atoms with van der Waals surface area (Å²) in [6.07, 6.45) is 1.20. The highest BCUT2D eigenvalue weighted by molar-refractivity contribution is 5.85. The van der Waals surface area contributed by atoms with Crippen molar-refractivity contribution in [2.24, 2.45) is 0 Å². The first-order chi connectivity index (χ1) is 7.81. The first-order valence-corrected chi connectivity index (χ1v) is 6.32. The number of nitrogens with zero attached hydrogens (tertiary/aromatic N) is 1. The van der Waals surface area contributed by atoms with Crippen molar-refractivity contribution in [2.45, 2.75) is 26.3 Å². The van der Waals surface area contributed by atoms with Crippen LogP contribution in [0.2, 0.25) is 0 Å². The third-order valence-corrected chi connectivity index (χ3v) is 3.41. The van der Waals surface area contributed by atoms with Gasteiger partial charge in [-0.25, -0.2) is 0 Å². The van der Waals surface area contributed by atoms with Crippen LogP contribution < -0.4 is 5.32 Å². The molecule has 1 aliphatic heterocycles. The van der Waals surface area contributed by atoms with Gasteiger partial charge >= 0.3 is 0 Å². The zero-order valence-corrected chi connectivity index (χ0v) is 12.8. The Bertz CT molecular complexity index is 338. The van der Waals surface area contributed by atoms with Gasteiger partial charge in [0.2, 0.25) is 0 Å². The molecule has 1 aromatic carbocycles. The van der Waals surface area contributed by atoms with Crippen molar-refractivity contribution in [1.82, 2.24) is 10.2 Å². The molecular weight excluding hydrogens is 267 g/mol. The van der Waals surface area contributed by atoms with Gasteiger partial charge in [0.15, 0.2) is 0 Å². The second-order valence-corrected chi connectivity index (χ2v) is 4.62. The Morgan fingerprint density at radius 3 is 2.44 bits per heavy atom. The molecule has 2 rings (SSSR count). The van der Waals surface area contributed by atoms with E-state index in [4.69, 9.17) is 0 Å². The maximum atomic E-state index is 3.41. The summed E-state index contributed by atoms with van der Waals surface area (Å²) in [5.41, 5.74) is 2.84. The van der Waals surface area contributed by atoms with Gasteiger partial charge in [-0.15, -0.1) is 24.8 Å². The van der Waals surface area contributed by atoms with Crippen LogP contribution in [0.15, 0.2) is 24.3 Å². The van der Waals surface area contributed by atoms with Gasteiger partial charge in [0.25, 0.3) is 0 Å². The number of aryl methyl sites for hydroxylation is 1. The molecule has 18 heavy (non-hydrogen) atoms. The predicted molar refractivity (Wildman–Crippen MR) is 83.1 cm³/mol. The van der Waals surface area contributed by atoms with E-state index in [1.807, 2.05) is 0 Å². The van der Waals surface area contributed by atoms with Crippen LogP contribution in [0.5, 0.6) is 0 Å². The van der Waals surface area contributed by atoms with Crippen LogP contribution in [0, 0.1) is 6.92 Å². The maximum Gasteiger partial charge on any atom is 0.0346 e. The van der Waals surface area contributed by atoms with Crippen molar-refractivity contribution < 1.29 is 0 Å². The molecule has 0 spiro atoms. The summed E-state index contributed by atoms with van der Waals surface area (Å²) in [5.74, 6) is 0. The number of rotatable bonds is 3. The van der Waals surface area contributed by atoms with Crippen LogP contribution in [0.3, 0.4) is 0 Å². The Morgan fingerprint density at radius 1 is 1.22 bits per heavy atom. The molecule has 0 radical (unpaired) electrons. The SMILES string of the molecule is CC[C@H](c1cccc(C)c1)N1CCNCC1.Cl.Cl. The van der Waals surface area contributed by atoms with Gasteiger partial charge in [-0.2, -0.15) is 0 Å². The molecule has 104 valence electrons. The highest BCUT2D eigenvalue weighted by atomic mass is 35.5. The van der Waals surface area contributed by atoms with Gasteiger partial charge < -0.3 is 5.32 Å². The van der Waals surface area contributed by atoms with E-state index in [1.54, 1.807) is 0 Å². The van der Waals surface area contributed by atoms with Crippen LogP contribution in [0.1, 0.15) is 30.5 Å². The number of benzene rings is 1. The number of hydrogen-bond donors (Lipinski definition) is 1. The minimum Gasteiger partial charge on any atom is -0.314 e. The predicted octanol–water partition coefficient (Wildman–Crippen LogP) is 3.19. The number of hydrogen-bond acceptors (Lipinski definition) is 2. The van der Waals surface area contributed by atoms with Crippen LogP contribution in [-0.2, 0) is 0 Å². The standard InChI is InChI=1S/C14H22N2.2ClH/c1-3-14(16-9-7-15-8-10-16)13-6-4-5-12(2)11-13;;/h4-6,11,14-15H,3,7-10H2,1-2H3;2*1H/t14-;;/m1../s1. The molecule has 1 fully saturated rings. The summed E-state index contributed by atoms with van der Waals surface area (Å²) in [5, 5.41) is 3.41. The van der Waals surface area contributed by atoms with Crippen molar-refractivity contribution in [3.63, 3.8) is 0 Å². The van der Waals surface area contributed by atoms with E-state index in [2.05, 4.69) is 48.3 Å². The van der Waals surface area contributed by atoms with E-state index < -0.39 is 0 Å². The highest BCUT2D eigenvalue weighted by Crippen LogP contribution is 2.24. The Labute approximate surface area is 123 Å². The van der Waals surface area contributed by atoms with E-state index in [-0.39, 0.29) is 24.8 Å². The highest BCUT2D eigenvalue weighted by Gasteiger charge is 2.20. The quantitative estimate of drug-likeness (QED) is 0.920. The van der Waals surface area contributed by atoms with Crippen molar-refractivity contribution >= 4 is 24.8 Å². The molecule has 0 aliphatic carbocycles. The third kappa shape index (κ3) is 4.43. The van der Waals surface area contributed by atoms with Gasteiger partial charge in [-0.05, 0) is 18.9 Å². The molecule has 1 heterocycles. The zero-order chi connectivity index (χ0) is 11.4. The summed E-state index contributed by atoms with van der Waals surface area (Å²) >= 11 is 0. The smallest absolute Gasteiger partial charge is 0.0346 e. The molecular formula is C14H24Cl2N2. The fourth-order valence-electron chi connectivity index (χ4n) is 2.58. The average Bonchev–Trinajstić information content (AvgIpc) is 2.31. The summed E-state index contributed by atoms with van der Waals surface area (Å²) in [7, 11) is 0. The molecule has 2 nitrogen and oxygen atoms in total. The normalized spacial score (nSPS) is 17.4. The second-order valence-electron chi connectivity index (χ2n) is 4.62. The van der Waals surface area contributed by atoms with Crippen molar-refractivity contribution in [1.29, 1.82) is 0 Å². The van der Waals surface area contributed by atoms with Crippen LogP contribution in [0.4, 0.5) is 0 Å². The monoisotopic (exact) mass is 290 g/mol. The molecule has 0 saturated carbocycles. The minimum atomic E-state index is 0. The Hall–Kier alpha value is -0.280. The molecule has 1 aromatic rings. The van der Waals surface area contributed by atoms with Crippen molar-refractivity contribution in [2.75, 3.05) is 26.2 Å². The summed E-state index contributed by atoms with van der Waals surface area (Å²) < 4.78 is 0. The largest absolute Gasteiger partial charge is 0.314 e. The Kier molecular flexibility index (Phi) is 8.62. The molecule has 0 unspecified atom stereocenters. The lowest BCUT2D eigenvalue weighted by molar-refractivity contribution is 0.169. The lowest BCUT2D eigenvalue weighted by atomic mass is 10.0. The summed E-state index contributed by atoms with van der Waals surface area (Å²) in [6, 6.07) is 9.55. The van der Waals surface area contributed by atoms with Gasteiger partial charge in [0.05, 0.1) is 0 Å². The molecule has 1 aliphatic rings. The molecule has 0 bridgehead atoms. The van der Waals surface area contributed by atoms with Crippen molar-refractivity contribution in [3.8, 4) is 0 Å². The van der Waals surface area contributed by atoms with E-state index in [9.17, 15) is 0 Å². The molecule has 1 N–H and O–H groups in total. The molecule has 0 amide bonds. The van der Waals surface area contributed by atoms with E-state index >= 15 is 0 Å². The number of nitrogens with one attached hydrogen (secondary N) is 1. The van der Waals surface area contributed by atoms with Crippen LogP contribution in [0.25, 0.3) is 0 Å². The third-order valence-electron chi connectivity index (χ3n) is 3.41. The van der Waals surface area contributed by atoms with Gasteiger partial charge in [-0.3, -0.25) is 4.90 Å². The molecule has 1 atom stereocenters. The maximum absolute atomic E-state index is 3.41. The fraction of sp³-hybridized carbons (Fsp3) is 0.571. The first kappa shape index (κ1) is 17.7. The summed E-state index contributed by atoms with van der Waals surface area (Å²) in [4.78, 5) is 2.60. The first-order valence-electron chi connectivity index (χ1n) is 6.32. The van der Waals surface area contributed by atoms with Gasteiger partial charge in [0, 0.05) is 32.2 Å². The topological polar surface area (TPSA) is 15.3 Å². The Balaban J connectivity index is 0.00000144. The number of halogens is 2.